The molecule has 1 saturated heterocycles. The lowest BCUT2D eigenvalue weighted by atomic mass is 10.1. The minimum atomic E-state index is -2.36. The summed E-state index contributed by atoms with van der Waals surface area (Å²) < 4.78 is 24.3. The normalized spacial score (nSPS) is 22.0. The highest BCUT2D eigenvalue weighted by atomic mass is 19.3. The summed E-state index contributed by atoms with van der Waals surface area (Å²) >= 11 is 0. The second-order valence-corrected chi connectivity index (χ2v) is 3.06. The van der Waals surface area contributed by atoms with E-state index in [2.05, 4.69) is 0 Å². The molecular formula is C8H10F2N2O. The van der Waals surface area contributed by atoms with E-state index in [1.807, 2.05) is 0 Å². The van der Waals surface area contributed by atoms with Gasteiger partial charge in [0.15, 0.2) is 0 Å². The van der Waals surface area contributed by atoms with Crippen LogP contribution < -0.4 is 0 Å². The molecule has 1 aliphatic rings. The summed E-state index contributed by atoms with van der Waals surface area (Å²) in [6, 6.07) is 1.71. The quantitative estimate of drug-likeness (QED) is 0.649. The highest BCUT2D eigenvalue weighted by Crippen LogP contribution is 2.22. The third-order valence-electron chi connectivity index (χ3n) is 2.16. The molecule has 0 bridgehead atoms. The first kappa shape index (κ1) is 9.90. The molecule has 0 aromatic rings. The molecule has 72 valence electrons. The number of likely N-dealkylation sites (tertiary alicyclic amines) is 1. The van der Waals surface area contributed by atoms with Crippen molar-refractivity contribution in [2.45, 2.75) is 19.3 Å². The molecule has 5 heteroatoms. The Hall–Kier alpha value is -1.18. The minimum Gasteiger partial charge on any atom is -0.341 e. The molecule has 1 amide bonds. The monoisotopic (exact) mass is 188 g/mol. The summed E-state index contributed by atoms with van der Waals surface area (Å²) in [6.07, 6.45) is -2.23. The zero-order valence-corrected chi connectivity index (χ0v) is 7.04. The van der Waals surface area contributed by atoms with Crippen LogP contribution in [0.25, 0.3) is 0 Å². The molecule has 1 aliphatic heterocycles. The number of nitriles is 1. The average Bonchev–Trinajstić information content (AvgIpc) is 2.52. The lowest BCUT2D eigenvalue weighted by molar-refractivity contribution is -0.129. The van der Waals surface area contributed by atoms with Crippen molar-refractivity contribution in [2.24, 2.45) is 5.92 Å². The lowest BCUT2D eigenvalue weighted by Gasteiger charge is -2.14. The third kappa shape index (κ3) is 2.38. The van der Waals surface area contributed by atoms with Crippen LogP contribution in [0.2, 0.25) is 0 Å². The van der Waals surface area contributed by atoms with Crippen LogP contribution in [-0.2, 0) is 4.79 Å². The van der Waals surface area contributed by atoms with Gasteiger partial charge in [-0.25, -0.2) is 8.78 Å². The Labute approximate surface area is 74.9 Å². The van der Waals surface area contributed by atoms with Crippen LogP contribution in [-0.4, -0.2) is 30.3 Å². The van der Waals surface area contributed by atoms with Gasteiger partial charge in [-0.2, -0.15) is 5.26 Å². The number of hydrogen-bond donors (Lipinski definition) is 0. The summed E-state index contributed by atoms with van der Waals surface area (Å²) in [4.78, 5) is 12.4. The van der Waals surface area contributed by atoms with Crippen LogP contribution in [0.15, 0.2) is 0 Å². The van der Waals surface area contributed by atoms with E-state index < -0.39 is 12.3 Å². The first-order valence-corrected chi connectivity index (χ1v) is 4.08. The lowest BCUT2D eigenvalue weighted by Crippen LogP contribution is -2.29. The zero-order valence-electron chi connectivity index (χ0n) is 7.04. The van der Waals surface area contributed by atoms with Gasteiger partial charge in [0.1, 0.15) is 6.42 Å². The number of carbonyl (C=O) groups is 1. The van der Waals surface area contributed by atoms with Crippen molar-refractivity contribution >= 4 is 5.91 Å². The molecule has 3 nitrogen and oxygen atoms in total. The van der Waals surface area contributed by atoms with E-state index in [4.69, 9.17) is 5.26 Å². The molecule has 1 heterocycles. The Kier molecular flexibility index (Phi) is 3.18. The molecule has 0 aromatic carbocycles. The summed E-state index contributed by atoms with van der Waals surface area (Å²) in [6.45, 7) is 0.452. The number of alkyl halides is 2. The summed E-state index contributed by atoms with van der Waals surface area (Å²) in [7, 11) is 0. The molecule has 13 heavy (non-hydrogen) atoms. The van der Waals surface area contributed by atoms with E-state index in [-0.39, 0.29) is 18.9 Å². The molecule has 0 spiro atoms. The Morgan fingerprint density at radius 2 is 2.38 bits per heavy atom. The molecule has 1 fully saturated rings. The van der Waals surface area contributed by atoms with Crippen molar-refractivity contribution in [2.75, 3.05) is 13.1 Å². The summed E-state index contributed by atoms with van der Waals surface area (Å²) in [5, 5.41) is 8.23. The van der Waals surface area contributed by atoms with Crippen LogP contribution >= 0.6 is 0 Å². The van der Waals surface area contributed by atoms with Gasteiger partial charge in [0, 0.05) is 19.0 Å². The Bertz CT molecular complexity index is 237. The van der Waals surface area contributed by atoms with E-state index in [0.717, 1.165) is 0 Å². The number of halogens is 2. The number of carbonyl (C=O) groups excluding carboxylic acids is 1. The van der Waals surface area contributed by atoms with Crippen molar-refractivity contribution in [1.29, 1.82) is 5.26 Å². The molecule has 1 unspecified atom stereocenters. The first-order chi connectivity index (χ1) is 6.15. The van der Waals surface area contributed by atoms with Crippen LogP contribution in [0.5, 0.6) is 0 Å². The summed E-state index contributed by atoms with van der Waals surface area (Å²) in [5.41, 5.74) is 0. The Morgan fingerprint density at radius 1 is 1.69 bits per heavy atom. The van der Waals surface area contributed by atoms with Gasteiger partial charge in [-0.15, -0.1) is 0 Å². The minimum absolute atomic E-state index is 0.0954. The number of nitrogens with zero attached hydrogens (tertiary/aromatic N) is 2. The van der Waals surface area contributed by atoms with Gasteiger partial charge in [0.25, 0.3) is 0 Å². The van der Waals surface area contributed by atoms with Crippen molar-refractivity contribution in [3.05, 3.63) is 0 Å². The zero-order chi connectivity index (χ0) is 9.84. The fourth-order valence-electron chi connectivity index (χ4n) is 1.40. The van der Waals surface area contributed by atoms with Gasteiger partial charge in [0.2, 0.25) is 12.3 Å². The van der Waals surface area contributed by atoms with Gasteiger partial charge >= 0.3 is 0 Å². The fraction of sp³-hybridized carbons (Fsp3) is 0.750. The Morgan fingerprint density at radius 3 is 2.85 bits per heavy atom. The molecule has 0 radical (unpaired) electrons. The predicted octanol–water partition coefficient (Wildman–Crippen LogP) is 1.01. The van der Waals surface area contributed by atoms with Gasteiger partial charge in [-0.1, -0.05) is 0 Å². The highest BCUT2D eigenvalue weighted by molar-refractivity contribution is 5.78. The highest BCUT2D eigenvalue weighted by Gasteiger charge is 2.31. The Balaban J connectivity index is 2.41. The maximum atomic E-state index is 12.2. The number of hydrogen-bond acceptors (Lipinski definition) is 2. The largest absolute Gasteiger partial charge is 0.341 e. The fourth-order valence-corrected chi connectivity index (χ4v) is 1.40. The van der Waals surface area contributed by atoms with Crippen molar-refractivity contribution in [3.63, 3.8) is 0 Å². The molecule has 0 saturated carbocycles. The van der Waals surface area contributed by atoms with Crippen LogP contribution in [0.3, 0.4) is 0 Å². The van der Waals surface area contributed by atoms with E-state index in [1.165, 1.54) is 4.90 Å². The molecule has 0 aliphatic carbocycles. The van der Waals surface area contributed by atoms with Crippen molar-refractivity contribution in [1.82, 2.24) is 4.90 Å². The summed E-state index contributed by atoms with van der Waals surface area (Å²) in [5.74, 6) is -1.05. The van der Waals surface area contributed by atoms with Crippen LogP contribution in [0, 0.1) is 17.2 Å². The maximum absolute atomic E-state index is 12.2. The van der Waals surface area contributed by atoms with E-state index in [9.17, 15) is 13.6 Å². The molecule has 0 aromatic heterocycles. The molecular weight excluding hydrogens is 178 g/mol. The maximum Gasteiger partial charge on any atom is 0.243 e. The standard InChI is InChI=1S/C8H10F2N2O/c9-8(10)6-2-4-12(5-6)7(13)1-3-11/h6,8H,1-2,4-5H2. The smallest absolute Gasteiger partial charge is 0.243 e. The average molecular weight is 188 g/mol. The van der Waals surface area contributed by atoms with Gasteiger partial charge in [-0.05, 0) is 6.42 Å². The van der Waals surface area contributed by atoms with Gasteiger partial charge < -0.3 is 4.90 Å². The first-order valence-electron chi connectivity index (χ1n) is 4.08. The van der Waals surface area contributed by atoms with E-state index in [0.29, 0.717) is 13.0 Å². The van der Waals surface area contributed by atoms with E-state index in [1.54, 1.807) is 6.07 Å². The van der Waals surface area contributed by atoms with Gasteiger partial charge in [0.05, 0.1) is 6.07 Å². The second kappa shape index (κ2) is 4.17. The van der Waals surface area contributed by atoms with Crippen LogP contribution in [0.4, 0.5) is 8.78 Å². The topological polar surface area (TPSA) is 44.1 Å². The SMILES string of the molecule is N#CCC(=O)N1CCC(C(F)F)C1. The third-order valence-corrected chi connectivity index (χ3v) is 2.16. The second-order valence-electron chi connectivity index (χ2n) is 3.06. The van der Waals surface area contributed by atoms with Crippen LogP contribution in [0.1, 0.15) is 12.8 Å². The predicted molar refractivity (Wildman–Crippen MR) is 40.9 cm³/mol. The van der Waals surface area contributed by atoms with Gasteiger partial charge in [-0.3, -0.25) is 4.79 Å². The molecule has 1 rings (SSSR count). The van der Waals surface area contributed by atoms with E-state index >= 15 is 0 Å². The number of amides is 1. The van der Waals surface area contributed by atoms with Crippen molar-refractivity contribution < 1.29 is 13.6 Å². The molecule has 0 N–H and O–H groups in total. The van der Waals surface area contributed by atoms with Crippen molar-refractivity contribution in [3.8, 4) is 6.07 Å². The number of rotatable bonds is 2. The molecule has 1 atom stereocenters.